The van der Waals surface area contributed by atoms with E-state index < -0.39 is 23.7 Å². The quantitative estimate of drug-likeness (QED) is 0.236. The van der Waals surface area contributed by atoms with E-state index in [1.54, 1.807) is 18.2 Å². The Labute approximate surface area is 234 Å². The molecule has 2 aromatic carbocycles. The molecule has 12 heteroatoms. The zero-order chi connectivity index (χ0) is 27.6. The molecule has 0 saturated carbocycles. The van der Waals surface area contributed by atoms with Crippen LogP contribution in [0.25, 0.3) is 0 Å². The number of carbonyl (C=O) groups is 3. The fourth-order valence-electron chi connectivity index (χ4n) is 3.90. The third kappa shape index (κ3) is 7.79. The van der Waals surface area contributed by atoms with Crippen molar-refractivity contribution >= 4 is 58.2 Å². The average molecular weight is 572 g/mol. The summed E-state index contributed by atoms with van der Waals surface area (Å²) < 4.78 is 23.4. The highest BCUT2D eigenvalue weighted by Crippen LogP contribution is 2.30. The molecule has 1 fully saturated rings. The molecular formula is C27H30FN5O4S2. The lowest BCUT2D eigenvalue weighted by Crippen LogP contribution is -2.43. The lowest BCUT2D eigenvalue weighted by molar-refractivity contribution is -0.117. The molecule has 2 aliphatic heterocycles. The van der Waals surface area contributed by atoms with Crippen LogP contribution in [0.3, 0.4) is 0 Å². The van der Waals surface area contributed by atoms with Gasteiger partial charge in [0.25, 0.3) is 5.91 Å². The Hall–Kier alpha value is -3.45. The Morgan fingerprint density at radius 3 is 2.56 bits per heavy atom. The lowest BCUT2D eigenvalue weighted by atomic mass is 9.97. The molecule has 5 rings (SSSR count). The number of thiophene rings is 1. The predicted molar refractivity (Wildman–Crippen MR) is 153 cm³/mol. The molecule has 39 heavy (non-hydrogen) atoms. The van der Waals surface area contributed by atoms with E-state index in [0.29, 0.717) is 11.1 Å². The minimum Gasteiger partial charge on any atom is -0.385 e. The van der Waals surface area contributed by atoms with E-state index >= 15 is 0 Å². The summed E-state index contributed by atoms with van der Waals surface area (Å²) in [4.78, 5) is 38.7. The molecule has 0 unspecified atom stereocenters. The monoisotopic (exact) mass is 571 g/mol. The number of morpholine rings is 1. The van der Waals surface area contributed by atoms with Crippen LogP contribution in [0.5, 0.6) is 0 Å². The fraction of sp³-hybridized carbons (Fsp3) is 0.296. The van der Waals surface area contributed by atoms with Crippen LogP contribution < -0.4 is 25.6 Å². The highest BCUT2D eigenvalue weighted by atomic mass is 32.2. The number of nitrogens with one attached hydrogen (secondary N) is 4. The van der Waals surface area contributed by atoms with Crippen LogP contribution >= 0.6 is 23.3 Å². The fourth-order valence-corrected chi connectivity index (χ4v) is 5.23. The van der Waals surface area contributed by atoms with Gasteiger partial charge in [-0.3, -0.25) is 14.3 Å². The number of fused-ring (bicyclic) bond motifs is 1. The number of halogens is 1. The van der Waals surface area contributed by atoms with Gasteiger partial charge in [-0.15, -0.1) is 11.3 Å². The molecule has 4 N–H and O–H groups in total. The van der Waals surface area contributed by atoms with Crippen molar-refractivity contribution in [2.75, 3.05) is 48.4 Å². The zero-order valence-electron chi connectivity index (χ0n) is 21.4. The standard InChI is InChI=1S/C23H21FN4O3S2.C4H9NO/c1-2-9-25-15-5-7-17-14(11-15)12-20(29)28(22(17)30)19-8-6-16(13-18(19)24)26-23(31)27-33-21-4-3-10-32-21;1-3-6-4-2-5-1/h3-8,10-11,13,25H,2,9,12H2,1H3,(H2,26,27,31);5H,1-4H2. The van der Waals surface area contributed by atoms with Gasteiger partial charge in [0.2, 0.25) is 5.91 Å². The highest BCUT2D eigenvalue weighted by Gasteiger charge is 2.34. The van der Waals surface area contributed by atoms with Crippen LogP contribution in [0.4, 0.5) is 26.2 Å². The van der Waals surface area contributed by atoms with Gasteiger partial charge in [-0.05, 0) is 71.8 Å². The summed E-state index contributed by atoms with van der Waals surface area (Å²) in [5.41, 5.74) is 1.86. The summed E-state index contributed by atoms with van der Waals surface area (Å²) in [6.45, 7) is 6.66. The first-order valence-electron chi connectivity index (χ1n) is 12.6. The third-order valence-electron chi connectivity index (χ3n) is 5.74. The van der Waals surface area contributed by atoms with E-state index in [9.17, 15) is 18.8 Å². The summed E-state index contributed by atoms with van der Waals surface area (Å²) in [7, 11) is 0. The van der Waals surface area contributed by atoms with Crippen LogP contribution in [0.2, 0.25) is 0 Å². The van der Waals surface area contributed by atoms with Gasteiger partial charge >= 0.3 is 6.03 Å². The van der Waals surface area contributed by atoms with Crippen molar-refractivity contribution in [3.05, 3.63) is 70.9 Å². The molecule has 0 aliphatic carbocycles. The molecule has 206 valence electrons. The first-order chi connectivity index (χ1) is 19.0. The number of imide groups is 1. The van der Waals surface area contributed by atoms with Gasteiger partial charge in [0.05, 0.1) is 29.5 Å². The third-order valence-corrected chi connectivity index (χ3v) is 7.57. The molecule has 0 atom stereocenters. The first-order valence-corrected chi connectivity index (χ1v) is 14.3. The molecule has 0 spiro atoms. The molecule has 9 nitrogen and oxygen atoms in total. The highest BCUT2D eigenvalue weighted by molar-refractivity contribution is 7.99. The number of carbonyl (C=O) groups excluding carboxylic acids is 3. The summed E-state index contributed by atoms with van der Waals surface area (Å²) >= 11 is 2.62. The van der Waals surface area contributed by atoms with Gasteiger partial charge in [0.15, 0.2) is 0 Å². The molecular weight excluding hydrogens is 541 g/mol. The maximum atomic E-state index is 14.9. The maximum absolute atomic E-state index is 14.9. The van der Waals surface area contributed by atoms with Crippen molar-refractivity contribution < 1.29 is 23.5 Å². The Balaban J connectivity index is 0.000000519. The van der Waals surface area contributed by atoms with E-state index in [1.807, 2.05) is 24.4 Å². The van der Waals surface area contributed by atoms with Crippen LogP contribution in [0.15, 0.2) is 58.1 Å². The molecule has 2 aliphatic rings. The normalized spacial score (nSPS) is 14.7. The minimum absolute atomic E-state index is 0.00942. The summed E-state index contributed by atoms with van der Waals surface area (Å²) in [5.74, 6) is -1.87. The van der Waals surface area contributed by atoms with Crippen molar-refractivity contribution in [1.82, 2.24) is 10.0 Å². The molecule has 1 saturated heterocycles. The first kappa shape index (κ1) is 28.6. The second kappa shape index (κ2) is 14.1. The SMILES string of the molecule is C1COCCN1.CCCNc1ccc2c(c1)CC(=O)N(c1ccc(NC(=O)NSc3cccs3)cc1F)C2=O. The van der Waals surface area contributed by atoms with Gasteiger partial charge in [-0.2, -0.15) is 0 Å². The maximum Gasteiger partial charge on any atom is 0.329 e. The second-order valence-corrected chi connectivity index (χ2v) is 10.7. The number of anilines is 3. The van der Waals surface area contributed by atoms with Crippen LogP contribution in [0.1, 0.15) is 29.3 Å². The zero-order valence-corrected chi connectivity index (χ0v) is 23.1. The smallest absolute Gasteiger partial charge is 0.329 e. The van der Waals surface area contributed by atoms with Crippen LogP contribution in [-0.2, 0) is 16.0 Å². The van der Waals surface area contributed by atoms with E-state index in [1.165, 1.54) is 23.5 Å². The van der Waals surface area contributed by atoms with Gasteiger partial charge in [0.1, 0.15) is 5.82 Å². The molecule has 0 bridgehead atoms. The van der Waals surface area contributed by atoms with E-state index in [2.05, 4.69) is 20.7 Å². The second-order valence-electron chi connectivity index (χ2n) is 8.63. The Morgan fingerprint density at radius 1 is 1.13 bits per heavy atom. The number of ether oxygens (including phenoxy) is 1. The van der Waals surface area contributed by atoms with Crippen molar-refractivity contribution in [3.8, 4) is 0 Å². The van der Waals surface area contributed by atoms with Crippen molar-refractivity contribution in [2.24, 2.45) is 0 Å². The molecule has 3 aromatic rings. The van der Waals surface area contributed by atoms with Crippen LogP contribution in [0, 0.1) is 5.82 Å². The Morgan fingerprint density at radius 2 is 1.92 bits per heavy atom. The predicted octanol–water partition coefficient (Wildman–Crippen LogP) is 4.87. The Kier molecular flexibility index (Phi) is 10.3. The minimum atomic E-state index is -0.787. The van der Waals surface area contributed by atoms with Crippen molar-refractivity contribution in [1.29, 1.82) is 0 Å². The average Bonchev–Trinajstić information content (AvgIpc) is 3.47. The number of hydrogen-bond acceptors (Lipinski definition) is 8. The number of amides is 4. The van der Waals surface area contributed by atoms with Crippen LogP contribution in [-0.4, -0.2) is 50.7 Å². The topological polar surface area (TPSA) is 112 Å². The summed E-state index contributed by atoms with van der Waals surface area (Å²) in [5, 5.41) is 10.8. The largest absolute Gasteiger partial charge is 0.385 e. The van der Waals surface area contributed by atoms with E-state index in [-0.39, 0.29) is 17.8 Å². The van der Waals surface area contributed by atoms with Crippen molar-refractivity contribution in [2.45, 2.75) is 24.0 Å². The van der Waals surface area contributed by atoms with Gasteiger partial charge in [0, 0.05) is 36.6 Å². The molecule has 0 radical (unpaired) electrons. The van der Waals surface area contributed by atoms with E-state index in [0.717, 1.165) is 72.1 Å². The number of urea groups is 1. The van der Waals surface area contributed by atoms with E-state index in [4.69, 9.17) is 4.74 Å². The summed E-state index contributed by atoms with van der Waals surface area (Å²) in [6.07, 6.45) is 0.937. The number of benzene rings is 2. The van der Waals surface area contributed by atoms with Gasteiger partial charge in [-0.1, -0.05) is 13.0 Å². The molecule has 3 heterocycles. The number of nitrogens with zero attached hydrogens (tertiary/aromatic N) is 1. The lowest BCUT2D eigenvalue weighted by Gasteiger charge is -2.27. The summed E-state index contributed by atoms with van der Waals surface area (Å²) in [6, 6.07) is 12.3. The molecule has 1 aromatic heterocycles. The van der Waals surface area contributed by atoms with Gasteiger partial charge in [-0.25, -0.2) is 14.1 Å². The van der Waals surface area contributed by atoms with Crippen molar-refractivity contribution in [3.63, 3.8) is 0 Å². The number of rotatable bonds is 7. The molecule has 4 amide bonds. The number of hydrogen-bond donors (Lipinski definition) is 4. The Bertz CT molecular complexity index is 1290. The van der Waals surface area contributed by atoms with Gasteiger partial charge < -0.3 is 20.7 Å².